The Balaban J connectivity index is 1.94. The van der Waals surface area contributed by atoms with Gasteiger partial charge < -0.3 is 10.4 Å². The first kappa shape index (κ1) is 24.1. The Labute approximate surface area is 182 Å². The summed E-state index contributed by atoms with van der Waals surface area (Å²) in [4.78, 5) is 12.3. The zero-order valence-electron chi connectivity index (χ0n) is 17.0. The van der Waals surface area contributed by atoms with E-state index < -0.39 is 46.2 Å². The number of amides is 1. The number of rotatable bonds is 6. The SMILES string of the molecule is O=C(Nc1cc(F)c(F)c(F)c1)c1ccc(CCF)c(S(=O)(=O)N2CCCC(O)CC2)c1. The van der Waals surface area contributed by atoms with Crippen molar-refractivity contribution in [1.82, 2.24) is 4.31 Å². The van der Waals surface area contributed by atoms with E-state index in [1.807, 2.05) is 0 Å². The molecule has 11 heteroatoms. The highest BCUT2D eigenvalue weighted by Crippen LogP contribution is 2.26. The van der Waals surface area contributed by atoms with Gasteiger partial charge in [0.25, 0.3) is 5.91 Å². The van der Waals surface area contributed by atoms with Crippen LogP contribution in [0.2, 0.25) is 0 Å². The second-order valence-corrected chi connectivity index (χ2v) is 9.36. The molecule has 1 fully saturated rings. The van der Waals surface area contributed by atoms with Crippen LogP contribution in [-0.4, -0.2) is 49.6 Å². The van der Waals surface area contributed by atoms with Crippen LogP contribution in [0.5, 0.6) is 0 Å². The number of aryl methyl sites for hydroxylation is 1. The molecule has 1 heterocycles. The molecule has 2 aromatic carbocycles. The lowest BCUT2D eigenvalue weighted by Gasteiger charge is -2.22. The summed E-state index contributed by atoms with van der Waals surface area (Å²) in [5, 5.41) is 12.0. The van der Waals surface area contributed by atoms with Crippen LogP contribution in [0.25, 0.3) is 0 Å². The van der Waals surface area contributed by atoms with E-state index in [0.717, 1.165) is 6.07 Å². The second-order valence-electron chi connectivity index (χ2n) is 7.46. The third-order valence-corrected chi connectivity index (χ3v) is 7.19. The van der Waals surface area contributed by atoms with Crippen LogP contribution in [0, 0.1) is 17.5 Å². The highest BCUT2D eigenvalue weighted by atomic mass is 32.2. The van der Waals surface area contributed by atoms with Gasteiger partial charge in [0, 0.05) is 42.9 Å². The van der Waals surface area contributed by atoms with Crippen molar-refractivity contribution in [1.29, 1.82) is 0 Å². The summed E-state index contributed by atoms with van der Waals surface area (Å²) in [5.41, 5.74) is -0.330. The summed E-state index contributed by atoms with van der Waals surface area (Å²) < 4.78 is 80.7. The molecule has 0 spiro atoms. The van der Waals surface area contributed by atoms with E-state index in [-0.39, 0.29) is 47.6 Å². The monoisotopic (exact) mass is 474 g/mol. The van der Waals surface area contributed by atoms with Crippen molar-refractivity contribution in [3.05, 3.63) is 58.9 Å². The second kappa shape index (κ2) is 9.97. The third-order valence-electron chi connectivity index (χ3n) is 5.21. The summed E-state index contributed by atoms with van der Waals surface area (Å²) in [6.07, 6.45) is 0.340. The van der Waals surface area contributed by atoms with Crippen molar-refractivity contribution in [2.75, 3.05) is 25.1 Å². The van der Waals surface area contributed by atoms with Crippen molar-refractivity contribution in [3.63, 3.8) is 0 Å². The van der Waals surface area contributed by atoms with Gasteiger partial charge in [-0.1, -0.05) is 6.07 Å². The normalized spacial score (nSPS) is 17.7. The third kappa shape index (κ3) is 5.28. The van der Waals surface area contributed by atoms with Gasteiger partial charge in [-0.15, -0.1) is 0 Å². The zero-order valence-corrected chi connectivity index (χ0v) is 17.8. The Morgan fingerprint density at radius 1 is 1.09 bits per heavy atom. The first-order chi connectivity index (χ1) is 15.1. The molecule has 174 valence electrons. The first-order valence-electron chi connectivity index (χ1n) is 9.96. The lowest BCUT2D eigenvalue weighted by atomic mass is 10.1. The van der Waals surface area contributed by atoms with Gasteiger partial charge in [-0.3, -0.25) is 9.18 Å². The molecule has 0 aliphatic carbocycles. The summed E-state index contributed by atoms with van der Waals surface area (Å²) >= 11 is 0. The molecule has 2 N–H and O–H groups in total. The number of carbonyl (C=O) groups excluding carboxylic acids is 1. The molecule has 6 nitrogen and oxygen atoms in total. The standard InChI is InChI=1S/C21H22F4N2O4S/c22-7-5-13-3-4-14(21(29)26-15-11-17(23)20(25)18(24)12-15)10-19(13)32(30,31)27-8-1-2-16(28)6-9-27/h3-4,10-12,16,28H,1-2,5-9H2,(H,26,29). The van der Waals surface area contributed by atoms with Gasteiger partial charge in [-0.05, 0) is 37.0 Å². The average Bonchev–Trinajstić information content (AvgIpc) is 2.97. The molecule has 1 amide bonds. The van der Waals surface area contributed by atoms with E-state index in [2.05, 4.69) is 5.32 Å². The number of hydrogen-bond donors (Lipinski definition) is 2. The number of aliphatic hydroxyl groups is 1. The minimum atomic E-state index is -4.10. The molecular weight excluding hydrogens is 452 g/mol. The van der Waals surface area contributed by atoms with Gasteiger partial charge in [0.1, 0.15) is 0 Å². The van der Waals surface area contributed by atoms with E-state index in [4.69, 9.17) is 0 Å². The molecule has 1 saturated heterocycles. The van der Waals surface area contributed by atoms with Crippen molar-refractivity contribution in [2.45, 2.75) is 36.7 Å². The van der Waals surface area contributed by atoms with Gasteiger partial charge in [-0.2, -0.15) is 4.31 Å². The molecule has 0 bridgehead atoms. The van der Waals surface area contributed by atoms with Gasteiger partial charge in [-0.25, -0.2) is 21.6 Å². The number of nitrogens with one attached hydrogen (secondary N) is 1. The fourth-order valence-corrected chi connectivity index (χ4v) is 5.28. The molecule has 3 rings (SSSR count). The highest BCUT2D eigenvalue weighted by Gasteiger charge is 2.30. The maximum Gasteiger partial charge on any atom is 0.255 e. The van der Waals surface area contributed by atoms with E-state index >= 15 is 0 Å². The molecule has 0 saturated carbocycles. The molecule has 32 heavy (non-hydrogen) atoms. The number of alkyl halides is 1. The predicted octanol–water partition coefficient (Wildman–Crippen LogP) is 3.40. The van der Waals surface area contributed by atoms with Crippen LogP contribution in [0.1, 0.15) is 35.2 Å². The van der Waals surface area contributed by atoms with Gasteiger partial charge in [0.05, 0.1) is 17.7 Å². The Kier molecular flexibility index (Phi) is 7.52. The molecule has 0 aromatic heterocycles. The Morgan fingerprint density at radius 2 is 1.78 bits per heavy atom. The minimum Gasteiger partial charge on any atom is -0.393 e. The van der Waals surface area contributed by atoms with Crippen LogP contribution in [0.4, 0.5) is 23.2 Å². The number of halogens is 4. The van der Waals surface area contributed by atoms with Gasteiger partial charge in [0.15, 0.2) is 17.5 Å². The van der Waals surface area contributed by atoms with Crippen LogP contribution in [0.15, 0.2) is 35.2 Å². The van der Waals surface area contributed by atoms with E-state index in [1.165, 1.54) is 16.4 Å². The summed E-state index contributed by atoms with van der Waals surface area (Å²) in [5.74, 6) is -5.56. The molecule has 1 aliphatic rings. The number of anilines is 1. The van der Waals surface area contributed by atoms with Crippen LogP contribution >= 0.6 is 0 Å². The van der Waals surface area contributed by atoms with E-state index in [0.29, 0.717) is 25.0 Å². The van der Waals surface area contributed by atoms with Gasteiger partial charge >= 0.3 is 0 Å². The van der Waals surface area contributed by atoms with Crippen LogP contribution in [0.3, 0.4) is 0 Å². The number of benzene rings is 2. The number of carbonyl (C=O) groups is 1. The largest absolute Gasteiger partial charge is 0.393 e. The van der Waals surface area contributed by atoms with E-state index in [1.54, 1.807) is 0 Å². The van der Waals surface area contributed by atoms with Crippen molar-refractivity contribution < 1.29 is 35.9 Å². The summed E-state index contributed by atoms with van der Waals surface area (Å²) in [6.45, 7) is -0.580. The maximum absolute atomic E-state index is 13.4. The van der Waals surface area contributed by atoms with Crippen LogP contribution in [-0.2, 0) is 16.4 Å². The Morgan fingerprint density at radius 3 is 2.44 bits per heavy atom. The number of sulfonamides is 1. The number of aliphatic hydroxyl groups excluding tert-OH is 1. The van der Waals surface area contributed by atoms with Crippen molar-refractivity contribution in [3.8, 4) is 0 Å². The first-order valence-corrected chi connectivity index (χ1v) is 11.4. The number of nitrogens with zero attached hydrogens (tertiary/aromatic N) is 1. The zero-order chi connectivity index (χ0) is 23.5. The van der Waals surface area contributed by atoms with E-state index in [9.17, 15) is 35.9 Å². The highest BCUT2D eigenvalue weighted by molar-refractivity contribution is 7.89. The Bertz CT molecular complexity index is 1090. The fourth-order valence-electron chi connectivity index (χ4n) is 3.51. The molecular formula is C21H22F4N2O4S. The molecule has 1 unspecified atom stereocenters. The fraction of sp³-hybridized carbons (Fsp3) is 0.381. The average molecular weight is 474 g/mol. The smallest absolute Gasteiger partial charge is 0.255 e. The molecule has 0 radical (unpaired) electrons. The summed E-state index contributed by atoms with van der Waals surface area (Å²) in [6, 6.07) is 4.83. The van der Waals surface area contributed by atoms with Crippen LogP contribution < -0.4 is 5.32 Å². The predicted molar refractivity (Wildman–Crippen MR) is 109 cm³/mol. The maximum atomic E-state index is 13.4. The quantitative estimate of drug-likeness (QED) is 0.496. The summed E-state index contributed by atoms with van der Waals surface area (Å²) in [7, 11) is -4.10. The van der Waals surface area contributed by atoms with Crippen molar-refractivity contribution in [2.24, 2.45) is 0 Å². The van der Waals surface area contributed by atoms with Crippen molar-refractivity contribution >= 4 is 21.6 Å². The lowest BCUT2D eigenvalue weighted by Crippen LogP contribution is -2.33. The molecule has 1 atom stereocenters. The minimum absolute atomic E-state index is 0.0725. The molecule has 1 aliphatic heterocycles. The topological polar surface area (TPSA) is 86.7 Å². The van der Waals surface area contributed by atoms with Gasteiger partial charge in [0.2, 0.25) is 10.0 Å². The number of hydrogen-bond acceptors (Lipinski definition) is 4. The molecule has 2 aromatic rings. The lowest BCUT2D eigenvalue weighted by molar-refractivity contribution is 0.102. The Hall–Kier alpha value is -2.50.